The fourth-order valence-electron chi connectivity index (χ4n) is 9.03. The van der Waals surface area contributed by atoms with Crippen LogP contribution in [0.25, 0.3) is 65.3 Å². The third kappa shape index (κ3) is 6.57. The van der Waals surface area contributed by atoms with E-state index in [1.54, 1.807) is 11.3 Å². The summed E-state index contributed by atoms with van der Waals surface area (Å²) < 4.78 is 22.5. The minimum atomic E-state index is -0.0342. The molecular formula is C49H48N2O2S2. The molecule has 3 heterocycles. The van der Waals surface area contributed by atoms with Crippen LogP contribution in [0.3, 0.4) is 0 Å². The largest absolute Gasteiger partial charge is 0.485 e. The fourth-order valence-corrected chi connectivity index (χ4v) is 10.8. The van der Waals surface area contributed by atoms with Crippen LogP contribution in [0, 0.1) is 0 Å². The lowest BCUT2D eigenvalue weighted by Gasteiger charge is -2.33. The highest BCUT2D eigenvalue weighted by Gasteiger charge is 2.43. The first kappa shape index (κ1) is 35.9. The van der Waals surface area contributed by atoms with Crippen LogP contribution in [-0.2, 0) is 5.41 Å². The summed E-state index contributed by atoms with van der Waals surface area (Å²) in [7, 11) is 0. The van der Waals surface area contributed by atoms with Gasteiger partial charge < -0.3 is 9.47 Å². The highest BCUT2D eigenvalue weighted by molar-refractivity contribution is 7.20. The maximum atomic E-state index is 6.33. The molecule has 7 aromatic rings. The van der Waals surface area contributed by atoms with Crippen molar-refractivity contribution in [2.75, 3.05) is 13.2 Å². The Morgan fingerprint density at radius 3 is 1.67 bits per heavy atom. The van der Waals surface area contributed by atoms with Crippen LogP contribution in [0.4, 0.5) is 0 Å². The maximum absolute atomic E-state index is 6.33. The van der Waals surface area contributed by atoms with Gasteiger partial charge in [-0.3, -0.25) is 0 Å². The molecule has 0 bridgehead atoms. The molecule has 0 N–H and O–H groups in total. The number of hydrogen-bond acceptors (Lipinski definition) is 6. The number of thiophene rings is 1. The molecule has 0 spiro atoms. The van der Waals surface area contributed by atoms with Crippen LogP contribution in [0.5, 0.6) is 11.5 Å². The van der Waals surface area contributed by atoms with E-state index >= 15 is 0 Å². The molecule has 2 aliphatic rings. The van der Waals surface area contributed by atoms with E-state index in [2.05, 4.69) is 117 Å². The molecule has 6 heteroatoms. The summed E-state index contributed by atoms with van der Waals surface area (Å²) in [6, 6.07) is 40.4. The molecular weight excluding hydrogens is 713 g/mol. The summed E-state index contributed by atoms with van der Waals surface area (Å²) in [5.41, 5.74) is 14.8. The fraction of sp³-hybridized carbons (Fsp3) is 0.306. The zero-order valence-electron chi connectivity index (χ0n) is 31.9. The van der Waals surface area contributed by atoms with Gasteiger partial charge in [-0.1, -0.05) is 162 Å². The van der Waals surface area contributed by atoms with Crippen LogP contribution in [0.2, 0.25) is 0 Å². The molecule has 0 saturated carbocycles. The monoisotopic (exact) mass is 760 g/mol. The van der Waals surface area contributed by atoms with Gasteiger partial charge in [-0.15, -0.1) is 11.3 Å². The Balaban J connectivity index is 1.17. The van der Waals surface area contributed by atoms with Crippen LogP contribution < -0.4 is 9.47 Å². The van der Waals surface area contributed by atoms with E-state index in [-0.39, 0.29) is 5.41 Å². The van der Waals surface area contributed by atoms with Gasteiger partial charge in [0.2, 0.25) is 0 Å². The van der Waals surface area contributed by atoms with Crippen molar-refractivity contribution in [1.29, 1.82) is 0 Å². The van der Waals surface area contributed by atoms with Crippen LogP contribution >= 0.6 is 23.1 Å². The van der Waals surface area contributed by atoms with Crippen LogP contribution in [-0.4, -0.2) is 22.0 Å². The van der Waals surface area contributed by atoms with E-state index in [4.69, 9.17) is 18.2 Å². The number of fused-ring (bicyclic) bond motifs is 5. The Morgan fingerprint density at radius 2 is 1.04 bits per heavy atom. The smallest absolute Gasteiger partial charge is 0.180 e. The van der Waals surface area contributed by atoms with E-state index in [0.717, 1.165) is 49.0 Å². The zero-order valence-corrected chi connectivity index (χ0v) is 33.5. The summed E-state index contributed by atoms with van der Waals surface area (Å²) >= 11 is 3.01. The molecule has 4 nitrogen and oxygen atoms in total. The first-order chi connectivity index (χ1) is 27.2. The summed E-state index contributed by atoms with van der Waals surface area (Å²) in [5, 5.41) is 0. The minimum absolute atomic E-state index is 0.0342. The molecule has 0 radical (unpaired) electrons. The maximum Gasteiger partial charge on any atom is 0.180 e. The molecule has 9 rings (SSSR count). The Kier molecular flexibility index (Phi) is 10.3. The van der Waals surface area contributed by atoms with E-state index < -0.39 is 0 Å². The lowest BCUT2D eigenvalue weighted by Crippen LogP contribution is -2.25. The molecule has 0 unspecified atom stereocenters. The second kappa shape index (κ2) is 15.8. The molecule has 1 aliphatic carbocycles. The van der Waals surface area contributed by atoms with E-state index in [1.807, 2.05) is 6.07 Å². The summed E-state index contributed by atoms with van der Waals surface area (Å²) in [5.74, 6) is 1.65. The number of aromatic nitrogens is 2. The average Bonchev–Trinajstić information content (AvgIpc) is 3.96. The highest BCUT2D eigenvalue weighted by Crippen LogP contribution is 2.57. The van der Waals surface area contributed by atoms with Crippen molar-refractivity contribution < 1.29 is 9.47 Å². The molecule has 278 valence electrons. The van der Waals surface area contributed by atoms with E-state index in [0.29, 0.717) is 13.2 Å². The number of nitrogens with zero attached hydrogens (tertiary/aromatic N) is 2. The predicted molar refractivity (Wildman–Crippen MR) is 232 cm³/mol. The standard InChI is InChI=1S/C49H48N2O2S2/c1-3-5-7-15-27-49(28-16-8-6-4-2)41-31-35(33-17-11-9-12-18-33)21-23-38(41)39-24-22-36(32-42(39)49)37-25-26-40(44-43(37)50-55-51-44)48-46-45(52-29-30-53-46)47(54-48)34-19-13-10-14-20-34/h9-14,17-26,31-32H,3-8,15-16,27-30H2,1-2H3. The van der Waals surface area contributed by atoms with Gasteiger partial charge in [-0.2, -0.15) is 8.75 Å². The second-order valence-electron chi connectivity index (χ2n) is 15.2. The number of benzene rings is 5. The highest BCUT2D eigenvalue weighted by atomic mass is 32.1. The van der Waals surface area contributed by atoms with Gasteiger partial charge in [0, 0.05) is 16.5 Å². The lowest BCUT2D eigenvalue weighted by atomic mass is 9.70. The topological polar surface area (TPSA) is 44.2 Å². The third-order valence-corrected chi connectivity index (χ3v) is 13.6. The number of hydrogen-bond donors (Lipinski definition) is 0. The van der Waals surface area contributed by atoms with Gasteiger partial charge in [-0.05, 0) is 69.5 Å². The minimum Gasteiger partial charge on any atom is -0.485 e. The molecule has 1 aliphatic heterocycles. The normalized spacial score (nSPS) is 13.9. The SMILES string of the molecule is CCCCCCC1(CCCCCC)c2cc(-c3ccccc3)ccc2-c2ccc(-c3ccc(-c4sc(-c5ccccc5)c5c4OCCO5)c4nsnc34)cc21. The summed E-state index contributed by atoms with van der Waals surface area (Å²) in [6.07, 6.45) is 12.4. The van der Waals surface area contributed by atoms with Crippen LogP contribution in [0.1, 0.15) is 89.2 Å². The quantitative estimate of drug-likeness (QED) is 0.104. The van der Waals surface area contributed by atoms with E-state index in [9.17, 15) is 0 Å². The second-order valence-corrected chi connectivity index (χ2v) is 16.7. The van der Waals surface area contributed by atoms with Gasteiger partial charge in [0.05, 0.1) is 21.5 Å². The summed E-state index contributed by atoms with van der Waals surface area (Å²) in [4.78, 5) is 2.14. The molecule has 5 aromatic carbocycles. The van der Waals surface area contributed by atoms with Gasteiger partial charge in [-0.25, -0.2) is 0 Å². The first-order valence-electron chi connectivity index (χ1n) is 20.3. The Hall–Kier alpha value is -4.78. The zero-order chi connectivity index (χ0) is 37.2. The van der Waals surface area contributed by atoms with Crippen molar-refractivity contribution in [2.24, 2.45) is 0 Å². The van der Waals surface area contributed by atoms with Gasteiger partial charge in [0.25, 0.3) is 0 Å². The van der Waals surface area contributed by atoms with Gasteiger partial charge in [0.15, 0.2) is 11.5 Å². The van der Waals surface area contributed by atoms with Gasteiger partial charge in [0.1, 0.15) is 24.2 Å². The third-order valence-electron chi connectivity index (χ3n) is 11.8. The Morgan fingerprint density at radius 1 is 0.509 bits per heavy atom. The molecule has 55 heavy (non-hydrogen) atoms. The number of ether oxygens (including phenoxy) is 2. The first-order valence-corrected chi connectivity index (χ1v) is 21.8. The lowest BCUT2D eigenvalue weighted by molar-refractivity contribution is 0.175. The molecule has 0 fully saturated rings. The van der Waals surface area contributed by atoms with Crippen molar-refractivity contribution in [3.8, 4) is 65.8 Å². The van der Waals surface area contributed by atoms with Crippen molar-refractivity contribution in [1.82, 2.24) is 8.75 Å². The predicted octanol–water partition coefficient (Wildman–Crippen LogP) is 14.4. The Labute approximate surface area is 333 Å². The van der Waals surface area contributed by atoms with Crippen LogP contribution in [0.15, 0.2) is 109 Å². The molecule has 0 atom stereocenters. The molecule has 0 amide bonds. The number of unbranched alkanes of at least 4 members (excludes halogenated alkanes) is 6. The average molecular weight is 761 g/mol. The molecule has 0 saturated heterocycles. The van der Waals surface area contributed by atoms with Gasteiger partial charge >= 0.3 is 0 Å². The van der Waals surface area contributed by atoms with E-state index in [1.165, 1.54) is 115 Å². The molecule has 2 aromatic heterocycles. The Bertz CT molecular complexity index is 2420. The van der Waals surface area contributed by atoms with Crippen molar-refractivity contribution in [2.45, 2.75) is 83.5 Å². The van der Waals surface area contributed by atoms with Crippen molar-refractivity contribution >= 4 is 34.1 Å². The number of rotatable bonds is 14. The summed E-state index contributed by atoms with van der Waals surface area (Å²) in [6.45, 7) is 5.71. The van der Waals surface area contributed by atoms with Crippen molar-refractivity contribution in [3.05, 3.63) is 120 Å². The van der Waals surface area contributed by atoms with Crippen molar-refractivity contribution in [3.63, 3.8) is 0 Å².